The summed E-state index contributed by atoms with van der Waals surface area (Å²) < 4.78 is 5.87. The topological polar surface area (TPSA) is 24.5 Å². The minimum Gasteiger partial charge on any atom is -0.453 e. The molecule has 0 atom stereocenters. The van der Waals surface area contributed by atoms with Gasteiger partial charge in [-0.3, -0.25) is 0 Å². The molecule has 0 fully saturated rings. The predicted molar refractivity (Wildman–Crippen MR) is 75.7 cm³/mol. The Morgan fingerprint density at radius 2 is 1.56 bits per heavy atom. The number of nitrogens with one attached hydrogen (secondary N) is 1. The van der Waals surface area contributed by atoms with Crippen LogP contribution in [0.3, 0.4) is 0 Å². The molecular formula is C14H11N2OS. The molecule has 3 nitrogen and oxygen atoms in total. The van der Waals surface area contributed by atoms with Crippen molar-refractivity contribution in [1.82, 2.24) is 5.32 Å². The number of ether oxygens (including phenoxy) is 1. The average Bonchev–Trinajstić information content (AvgIpc) is 2.43. The Morgan fingerprint density at radius 3 is 2.11 bits per heavy atom. The van der Waals surface area contributed by atoms with Gasteiger partial charge in [0.25, 0.3) is 0 Å². The van der Waals surface area contributed by atoms with Crippen molar-refractivity contribution in [1.29, 1.82) is 0 Å². The van der Waals surface area contributed by atoms with Crippen molar-refractivity contribution in [2.75, 3.05) is 11.6 Å². The van der Waals surface area contributed by atoms with Crippen molar-refractivity contribution in [3.63, 3.8) is 0 Å². The zero-order valence-corrected chi connectivity index (χ0v) is 10.4. The van der Waals surface area contributed by atoms with Crippen LogP contribution in [0.25, 0.3) is 0 Å². The van der Waals surface area contributed by atoms with Gasteiger partial charge < -0.3 is 15.0 Å². The van der Waals surface area contributed by atoms with Gasteiger partial charge in [0.1, 0.15) is 5.49 Å². The molecule has 2 aromatic rings. The number of anilines is 2. The lowest BCUT2D eigenvalue weighted by Crippen LogP contribution is -2.31. The molecule has 1 radical (unpaired) electrons. The highest BCUT2D eigenvalue weighted by molar-refractivity contribution is 7.78. The third kappa shape index (κ3) is 1.80. The molecule has 89 valence electrons. The molecule has 0 saturated heterocycles. The van der Waals surface area contributed by atoms with E-state index in [1.54, 1.807) is 0 Å². The second-order valence-corrected chi connectivity index (χ2v) is 4.11. The Labute approximate surface area is 111 Å². The fraction of sp³-hybridized carbons (Fsp3) is 0.0714. The van der Waals surface area contributed by atoms with Crippen molar-refractivity contribution >= 4 is 29.1 Å². The van der Waals surface area contributed by atoms with E-state index in [9.17, 15) is 0 Å². The van der Waals surface area contributed by atoms with Gasteiger partial charge in [-0.15, -0.1) is 0 Å². The fourth-order valence-electron chi connectivity index (χ4n) is 2.06. The maximum absolute atomic E-state index is 5.87. The first-order valence-corrected chi connectivity index (χ1v) is 6.04. The number of benzene rings is 2. The Kier molecular flexibility index (Phi) is 2.86. The van der Waals surface area contributed by atoms with E-state index in [4.69, 9.17) is 17.0 Å². The van der Waals surface area contributed by atoms with Gasteiger partial charge >= 0.3 is 0 Å². The maximum Gasteiger partial charge on any atom is 0.151 e. The number of fused-ring (bicyclic) bond motifs is 2. The van der Waals surface area contributed by atoms with Gasteiger partial charge in [-0.2, -0.15) is 0 Å². The molecule has 1 N–H and O–H groups in total. The van der Waals surface area contributed by atoms with E-state index in [-0.39, 0.29) is 0 Å². The van der Waals surface area contributed by atoms with Crippen molar-refractivity contribution in [3.05, 3.63) is 48.5 Å². The SMILES string of the molecule is S=[C]NCN1c2ccccc2Oc2ccccc21. The Balaban J connectivity index is 2.08. The molecule has 1 aliphatic rings. The summed E-state index contributed by atoms with van der Waals surface area (Å²) >= 11 is 4.70. The first kappa shape index (κ1) is 11.0. The molecule has 0 bridgehead atoms. The summed E-state index contributed by atoms with van der Waals surface area (Å²) in [4.78, 5) is 2.12. The third-order valence-electron chi connectivity index (χ3n) is 2.84. The smallest absolute Gasteiger partial charge is 0.151 e. The second-order valence-electron chi connectivity index (χ2n) is 3.90. The van der Waals surface area contributed by atoms with Crippen molar-refractivity contribution in [2.24, 2.45) is 0 Å². The second kappa shape index (κ2) is 4.66. The normalized spacial score (nSPS) is 12.1. The summed E-state index contributed by atoms with van der Waals surface area (Å²) in [5.41, 5.74) is 4.57. The van der Waals surface area contributed by atoms with Crippen molar-refractivity contribution in [3.8, 4) is 11.5 Å². The number of thiocarbonyl (C=S) groups is 1. The van der Waals surface area contributed by atoms with Gasteiger partial charge in [0.05, 0.1) is 18.0 Å². The first-order chi connectivity index (χ1) is 8.90. The quantitative estimate of drug-likeness (QED) is 0.671. The highest BCUT2D eigenvalue weighted by atomic mass is 32.1. The number of para-hydroxylation sites is 4. The van der Waals surface area contributed by atoms with Crippen molar-refractivity contribution < 1.29 is 4.74 Å². The van der Waals surface area contributed by atoms with Gasteiger partial charge in [0, 0.05) is 0 Å². The minimum atomic E-state index is 0.570. The average molecular weight is 255 g/mol. The van der Waals surface area contributed by atoms with Crippen LogP contribution < -0.4 is 15.0 Å². The summed E-state index contributed by atoms with van der Waals surface area (Å²) in [5.74, 6) is 1.70. The molecule has 1 aliphatic heterocycles. The van der Waals surface area contributed by atoms with E-state index in [0.29, 0.717) is 6.67 Å². The summed E-state index contributed by atoms with van der Waals surface area (Å²) in [7, 11) is 0. The van der Waals surface area contributed by atoms with Crippen LogP contribution in [0.2, 0.25) is 0 Å². The van der Waals surface area contributed by atoms with E-state index >= 15 is 0 Å². The molecule has 0 saturated carbocycles. The molecule has 0 spiro atoms. The molecule has 0 aliphatic carbocycles. The first-order valence-electron chi connectivity index (χ1n) is 5.63. The van der Waals surface area contributed by atoms with Gasteiger partial charge in [-0.1, -0.05) is 36.5 Å². The molecule has 0 unspecified atom stereocenters. The third-order valence-corrected chi connectivity index (χ3v) is 2.99. The van der Waals surface area contributed by atoms with Crippen LogP contribution >= 0.6 is 12.2 Å². The highest BCUT2D eigenvalue weighted by Crippen LogP contribution is 2.45. The van der Waals surface area contributed by atoms with Gasteiger partial charge in [0.15, 0.2) is 11.5 Å². The lowest BCUT2D eigenvalue weighted by atomic mass is 10.2. The molecule has 0 aromatic heterocycles. The number of hydrogen-bond acceptors (Lipinski definition) is 3. The molecule has 1 heterocycles. The fourth-order valence-corrected chi connectivity index (χ4v) is 2.13. The predicted octanol–water partition coefficient (Wildman–Crippen LogP) is 3.31. The van der Waals surface area contributed by atoms with Crippen LogP contribution in [0.15, 0.2) is 48.5 Å². The lowest BCUT2D eigenvalue weighted by Gasteiger charge is -2.32. The zero-order valence-electron chi connectivity index (χ0n) is 9.59. The summed E-state index contributed by atoms with van der Waals surface area (Å²) in [6.07, 6.45) is 0. The summed E-state index contributed by atoms with van der Waals surface area (Å²) in [5, 5.41) is 2.93. The largest absolute Gasteiger partial charge is 0.453 e. The Hall–Kier alpha value is -2.07. The summed E-state index contributed by atoms with van der Waals surface area (Å²) in [6, 6.07) is 15.9. The van der Waals surface area contributed by atoms with Crippen LogP contribution in [0.4, 0.5) is 11.4 Å². The van der Waals surface area contributed by atoms with Crippen LogP contribution in [0.5, 0.6) is 11.5 Å². The molecule has 2 aromatic carbocycles. The van der Waals surface area contributed by atoms with Crippen molar-refractivity contribution in [2.45, 2.75) is 0 Å². The van der Waals surface area contributed by atoms with E-state index in [2.05, 4.69) is 15.7 Å². The Bertz CT molecular complexity index is 540. The van der Waals surface area contributed by atoms with Crippen LogP contribution in [-0.4, -0.2) is 12.2 Å². The van der Waals surface area contributed by atoms with Gasteiger partial charge in [-0.05, 0) is 24.3 Å². The summed E-state index contributed by atoms with van der Waals surface area (Å²) in [6.45, 7) is 0.570. The molecule has 0 amide bonds. The van der Waals surface area contributed by atoms with E-state index in [1.807, 2.05) is 48.5 Å². The monoisotopic (exact) mass is 255 g/mol. The van der Waals surface area contributed by atoms with Crippen LogP contribution in [-0.2, 0) is 0 Å². The molecule has 4 heteroatoms. The maximum atomic E-state index is 5.87. The van der Waals surface area contributed by atoms with E-state index in [0.717, 1.165) is 22.9 Å². The van der Waals surface area contributed by atoms with Gasteiger partial charge in [0.2, 0.25) is 0 Å². The van der Waals surface area contributed by atoms with Gasteiger partial charge in [-0.25, -0.2) is 0 Å². The highest BCUT2D eigenvalue weighted by Gasteiger charge is 2.22. The van der Waals surface area contributed by atoms with Crippen LogP contribution in [0, 0.1) is 0 Å². The molecule has 3 rings (SSSR count). The van der Waals surface area contributed by atoms with E-state index in [1.165, 1.54) is 0 Å². The number of nitrogens with zero attached hydrogens (tertiary/aromatic N) is 1. The number of hydrogen-bond donors (Lipinski definition) is 1. The Morgan fingerprint density at radius 1 is 1.00 bits per heavy atom. The standard InChI is InChI=1S/C14H11N2OS/c18-10-15-9-16-11-5-1-3-7-13(11)17-14-8-4-2-6-12(14)16/h1-8H,9H2,(H,15,18). The molecule has 18 heavy (non-hydrogen) atoms. The minimum absolute atomic E-state index is 0.570. The zero-order chi connectivity index (χ0) is 12.4. The van der Waals surface area contributed by atoms with E-state index < -0.39 is 0 Å². The molecular weight excluding hydrogens is 244 g/mol. The lowest BCUT2D eigenvalue weighted by molar-refractivity contribution is 0.472. The van der Waals surface area contributed by atoms with Crippen LogP contribution in [0.1, 0.15) is 0 Å². The number of rotatable bonds is 3.